The van der Waals surface area contributed by atoms with Crippen molar-refractivity contribution in [3.63, 3.8) is 0 Å². The Morgan fingerprint density at radius 3 is 0.700 bits per heavy atom. The van der Waals surface area contributed by atoms with Gasteiger partial charge in [0.2, 0.25) is 0 Å². The molecule has 2 unspecified atom stereocenters. The van der Waals surface area contributed by atoms with Gasteiger partial charge in [0.25, 0.3) is 0 Å². The van der Waals surface area contributed by atoms with Crippen LogP contribution in [0.15, 0.2) is 91.6 Å². The summed E-state index contributed by atoms with van der Waals surface area (Å²) in [6.07, 6.45) is 4.40. The number of nitrogens with one attached hydrogen (secondary N) is 5. The number of aliphatic carboxylic acids is 2. The molecule has 0 bridgehead atoms. The van der Waals surface area contributed by atoms with E-state index in [9.17, 15) is 9.59 Å². The predicted octanol–water partition coefficient (Wildman–Crippen LogP) is 0.862. The van der Waals surface area contributed by atoms with Crippen molar-refractivity contribution in [2.75, 3.05) is 28.7 Å². The van der Waals surface area contributed by atoms with Gasteiger partial charge in [0, 0.05) is 31.0 Å². The highest BCUT2D eigenvalue weighted by Crippen LogP contribution is 1.93. The molecule has 0 radical (unpaired) electrons. The molecule has 0 saturated heterocycles. The lowest BCUT2D eigenvalue weighted by Crippen LogP contribution is -2.39. The van der Waals surface area contributed by atoms with Gasteiger partial charge in [0.15, 0.2) is 12.2 Å². The first-order chi connectivity index (χ1) is 18.9. The molecule has 40 heavy (non-hydrogen) atoms. The number of rotatable bonds is 3. The second kappa shape index (κ2) is 20.3. The van der Waals surface area contributed by atoms with Gasteiger partial charge in [-0.1, -0.05) is 0 Å². The number of nitrogen functional groups attached to an aromatic ring is 5. The summed E-state index contributed by atoms with van der Waals surface area (Å²) in [4.78, 5) is 33.4. The van der Waals surface area contributed by atoms with E-state index in [1.807, 2.05) is 30.3 Å². The number of anilines is 5. The molecular weight excluding hydrogens is 524 g/mol. The highest BCUT2D eigenvalue weighted by atomic mass is 16.4. The Hall–Kier alpha value is -5.74. The minimum Gasteiger partial charge on any atom is -0.479 e. The van der Waals surface area contributed by atoms with Gasteiger partial charge < -0.3 is 74.0 Å². The Balaban J connectivity index is 0.000000461. The topological polar surface area (TPSA) is 324 Å². The summed E-state index contributed by atoms with van der Waals surface area (Å²) >= 11 is 0. The van der Waals surface area contributed by atoms with Crippen molar-refractivity contribution in [1.29, 1.82) is 0 Å². The summed E-state index contributed by atoms with van der Waals surface area (Å²) in [7, 11) is 0. The Labute approximate surface area is 228 Å². The summed E-state index contributed by atoms with van der Waals surface area (Å²) in [6.45, 7) is 0. The van der Waals surface area contributed by atoms with Crippen molar-refractivity contribution in [3.8, 4) is 0 Å². The predicted molar refractivity (Wildman–Crippen MR) is 153 cm³/mol. The van der Waals surface area contributed by atoms with Gasteiger partial charge in [-0.15, -0.1) is 0 Å². The van der Waals surface area contributed by atoms with Crippen molar-refractivity contribution < 1.29 is 30.0 Å². The van der Waals surface area contributed by atoms with Crippen LogP contribution in [0.1, 0.15) is 0 Å². The number of carboxylic acid groups (broad SMARTS) is 2. The molecular formula is C24H36N10O6. The van der Waals surface area contributed by atoms with Crippen LogP contribution in [0, 0.1) is 0 Å². The van der Waals surface area contributed by atoms with E-state index < -0.39 is 24.1 Å². The van der Waals surface area contributed by atoms with Crippen LogP contribution >= 0.6 is 0 Å². The van der Waals surface area contributed by atoms with E-state index in [0.29, 0.717) is 0 Å². The zero-order valence-corrected chi connectivity index (χ0v) is 21.3. The summed E-state index contributed by atoms with van der Waals surface area (Å²) in [5, 5.41) is 32.5. The molecule has 218 valence electrons. The van der Waals surface area contributed by atoms with Crippen molar-refractivity contribution >= 4 is 41.0 Å². The van der Waals surface area contributed by atoms with E-state index in [2.05, 4.69) is 24.9 Å². The van der Waals surface area contributed by atoms with Crippen molar-refractivity contribution in [3.05, 3.63) is 91.6 Å². The minimum atomic E-state index is -2.27. The first-order valence-electron chi connectivity index (χ1n) is 11.2. The lowest BCUT2D eigenvalue weighted by Gasteiger charge is -2.07. The van der Waals surface area contributed by atoms with E-state index in [4.69, 9.17) is 49.1 Å². The number of aliphatic hydroxyl groups excluding tert-OH is 2. The average Bonchev–Trinajstić information content (AvgIpc) is 3.74. The molecule has 5 heterocycles. The molecule has 0 saturated carbocycles. The van der Waals surface area contributed by atoms with E-state index in [0.717, 1.165) is 29.1 Å². The van der Waals surface area contributed by atoms with Crippen molar-refractivity contribution in [2.45, 2.75) is 12.2 Å². The molecule has 5 rings (SSSR count). The van der Waals surface area contributed by atoms with Crippen LogP contribution < -0.4 is 28.7 Å². The van der Waals surface area contributed by atoms with Crippen LogP contribution in [0.4, 0.5) is 29.1 Å². The molecule has 0 aliphatic rings. The molecule has 0 spiro atoms. The lowest BCUT2D eigenvalue weighted by atomic mass is 10.2. The molecule has 5 aromatic heterocycles. The highest BCUT2D eigenvalue weighted by Gasteiger charge is 2.29. The van der Waals surface area contributed by atoms with Crippen LogP contribution in [0.3, 0.4) is 0 Å². The van der Waals surface area contributed by atoms with Gasteiger partial charge in [0.05, 0.1) is 0 Å². The van der Waals surface area contributed by atoms with Gasteiger partial charge in [-0.05, 0) is 60.7 Å². The molecule has 19 N–H and O–H groups in total. The number of aliphatic hydroxyl groups is 2. The highest BCUT2D eigenvalue weighted by molar-refractivity contribution is 5.83. The van der Waals surface area contributed by atoms with Crippen LogP contribution in [0.5, 0.6) is 0 Å². The number of hydrogen-bond acceptors (Lipinski definition) is 9. The summed E-state index contributed by atoms with van der Waals surface area (Å²) < 4.78 is 0. The third-order valence-electron chi connectivity index (χ3n) is 3.92. The second-order valence-electron chi connectivity index (χ2n) is 7.19. The Morgan fingerprint density at radius 2 is 0.650 bits per heavy atom. The third kappa shape index (κ3) is 18.5. The number of aromatic nitrogens is 5. The van der Waals surface area contributed by atoms with Crippen molar-refractivity contribution in [2.24, 2.45) is 0 Å². The van der Waals surface area contributed by atoms with Gasteiger partial charge in [-0.25, -0.2) is 9.59 Å². The van der Waals surface area contributed by atoms with Crippen LogP contribution in [-0.2, 0) is 9.59 Å². The lowest BCUT2D eigenvalue weighted by molar-refractivity contribution is -0.165. The van der Waals surface area contributed by atoms with Crippen LogP contribution in [0.2, 0.25) is 0 Å². The van der Waals surface area contributed by atoms with Crippen LogP contribution in [-0.4, -0.2) is 69.5 Å². The maximum atomic E-state index is 9.77. The minimum absolute atomic E-state index is 0.718. The van der Waals surface area contributed by atoms with E-state index in [1.54, 1.807) is 61.3 Å². The Bertz CT molecular complexity index is 1020. The molecule has 0 aliphatic heterocycles. The van der Waals surface area contributed by atoms with Crippen LogP contribution in [0.25, 0.3) is 0 Å². The summed E-state index contributed by atoms with van der Waals surface area (Å²) in [5.74, 6) is 0.0507. The first kappa shape index (κ1) is 34.3. The summed E-state index contributed by atoms with van der Waals surface area (Å²) in [6, 6.07) is 18.3. The molecule has 0 aromatic carbocycles. The molecule has 0 fully saturated rings. The largest absolute Gasteiger partial charge is 0.479 e. The fourth-order valence-corrected chi connectivity index (χ4v) is 1.99. The SMILES string of the molecule is Nc1ccc[nH]1.Nc1ccc[nH]1.Nc1ccc[nH]1.Nc1ccc[nH]1.Nc1ccc[nH]1.O=C(O)C(O)C(O)C(=O)O. The number of nitrogens with two attached hydrogens (primary N) is 5. The fraction of sp³-hybridized carbons (Fsp3) is 0.0833. The quantitative estimate of drug-likeness (QED) is 0.147. The maximum Gasteiger partial charge on any atom is 0.335 e. The zero-order valence-electron chi connectivity index (χ0n) is 21.3. The zero-order chi connectivity index (χ0) is 30.3. The Kier molecular flexibility index (Phi) is 17.4. The number of H-pyrrole nitrogens is 5. The first-order valence-corrected chi connectivity index (χ1v) is 11.2. The van der Waals surface area contributed by atoms with E-state index in [1.165, 1.54) is 0 Å². The summed E-state index contributed by atoms with van der Waals surface area (Å²) in [5.41, 5.74) is 26.1. The molecule has 2 atom stereocenters. The second-order valence-corrected chi connectivity index (χ2v) is 7.19. The van der Waals surface area contributed by atoms with Gasteiger partial charge in [-0.2, -0.15) is 0 Å². The van der Waals surface area contributed by atoms with Gasteiger partial charge in [0.1, 0.15) is 29.1 Å². The van der Waals surface area contributed by atoms with Crippen molar-refractivity contribution in [1.82, 2.24) is 24.9 Å². The number of carboxylic acids is 2. The number of aromatic amines is 5. The monoisotopic (exact) mass is 560 g/mol. The van der Waals surface area contributed by atoms with E-state index >= 15 is 0 Å². The number of hydrogen-bond donors (Lipinski definition) is 14. The fourth-order valence-electron chi connectivity index (χ4n) is 1.99. The number of carbonyl (C=O) groups is 2. The molecule has 5 aromatic rings. The molecule has 16 heteroatoms. The molecule has 0 amide bonds. The molecule has 0 aliphatic carbocycles. The smallest absolute Gasteiger partial charge is 0.335 e. The van der Waals surface area contributed by atoms with Gasteiger partial charge >= 0.3 is 11.9 Å². The third-order valence-corrected chi connectivity index (χ3v) is 3.92. The van der Waals surface area contributed by atoms with Gasteiger partial charge in [-0.3, -0.25) is 0 Å². The van der Waals surface area contributed by atoms with E-state index in [-0.39, 0.29) is 0 Å². The standard InChI is InChI=1S/5C4H6N2.C4H6O6/c5*5-4-2-1-3-6-4;5-1(3(7)8)2(6)4(9)10/h5*1-3,6H,5H2;1-2,5-6H,(H,7,8)(H,9,10). The molecule has 16 nitrogen and oxygen atoms in total. The average molecular weight is 561 g/mol. The maximum absolute atomic E-state index is 9.77. The Morgan fingerprint density at radius 1 is 0.475 bits per heavy atom. The normalized spacial score (nSPS) is 10.4.